The number of pyridine rings is 1. The second-order valence-electron chi connectivity index (χ2n) is 8.24. The minimum Gasteiger partial charge on any atom is -0.356 e. The minimum atomic E-state index is 0.0524. The van der Waals surface area contributed by atoms with Gasteiger partial charge in [0.15, 0.2) is 5.65 Å². The van der Waals surface area contributed by atoms with E-state index in [1.165, 1.54) is 12.8 Å². The van der Waals surface area contributed by atoms with E-state index in [1.54, 1.807) is 10.9 Å². The number of piperidine rings is 1. The molecule has 3 aromatic heterocycles. The SMILES string of the molecule is Cc1nc(N2CCC(Cn3nc4c(cc3=O)CCCC4)CC2)c2cccnc2n1. The van der Waals surface area contributed by atoms with Gasteiger partial charge < -0.3 is 4.90 Å². The lowest BCUT2D eigenvalue weighted by molar-refractivity contribution is 0.331. The van der Waals surface area contributed by atoms with Crippen LogP contribution in [0.3, 0.4) is 0 Å². The van der Waals surface area contributed by atoms with Crippen LogP contribution in [0.5, 0.6) is 0 Å². The Morgan fingerprint density at radius 2 is 1.97 bits per heavy atom. The molecule has 0 N–H and O–H groups in total. The number of hydrogen-bond donors (Lipinski definition) is 0. The van der Waals surface area contributed by atoms with Gasteiger partial charge in [0.2, 0.25) is 0 Å². The lowest BCUT2D eigenvalue weighted by Gasteiger charge is -2.33. The van der Waals surface area contributed by atoms with Gasteiger partial charge in [-0.3, -0.25) is 4.79 Å². The molecule has 1 aliphatic carbocycles. The third kappa shape index (κ3) is 3.61. The van der Waals surface area contributed by atoms with E-state index in [-0.39, 0.29) is 5.56 Å². The highest BCUT2D eigenvalue weighted by Crippen LogP contribution is 2.28. The second-order valence-corrected chi connectivity index (χ2v) is 8.24. The Kier molecular flexibility index (Phi) is 4.73. The van der Waals surface area contributed by atoms with Gasteiger partial charge in [-0.15, -0.1) is 0 Å². The van der Waals surface area contributed by atoms with Gasteiger partial charge >= 0.3 is 0 Å². The summed E-state index contributed by atoms with van der Waals surface area (Å²) in [5, 5.41) is 5.70. The summed E-state index contributed by atoms with van der Waals surface area (Å²) in [6.45, 7) is 4.47. The fraction of sp³-hybridized carbons (Fsp3) is 0.500. The first kappa shape index (κ1) is 18.2. The number of nitrogens with zero attached hydrogens (tertiary/aromatic N) is 6. The van der Waals surface area contributed by atoms with Gasteiger partial charge in [0.1, 0.15) is 11.6 Å². The van der Waals surface area contributed by atoms with Gasteiger partial charge in [-0.2, -0.15) is 5.10 Å². The van der Waals surface area contributed by atoms with Crippen molar-refractivity contribution in [2.45, 2.75) is 52.0 Å². The number of aryl methyl sites for hydroxylation is 3. The van der Waals surface area contributed by atoms with Crippen LogP contribution < -0.4 is 10.5 Å². The quantitative estimate of drug-likeness (QED) is 0.684. The van der Waals surface area contributed by atoms with Crippen LogP contribution in [0.15, 0.2) is 29.2 Å². The number of anilines is 1. The van der Waals surface area contributed by atoms with Crippen molar-refractivity contribution in [2.24, 2.45) is 5.92 Å². The van der Waals surface area contributed by atoms with Gasteiger partial charge in [0.05, 0.1) is 11.1 Å². The molecule has 7 heteroatoms. The van der Waals surface area contributed by atoms with E-state index < -0.39 is 0 Å². The first-order chi connectivity index (χ1) is 14.2. The Bertz CT molecular complexity index is 1100. The molecule has 2 aliphatic rings. The predicted molar refractivity (Wildman–Crippen MR) is 112 cm³/mol. The Balaban J connectivity index is 1.31. The second kappa shape index (κ2) is 7.54. The fourth-order valence-electron chi connectivity index (χ4n) is 4.60. The molecular weight excluding hydrogens is 364 g/mol. The number of hydrogen-bond acceptors (Lipinski definition) is 6. The smallest absolute Gasteiger partial charge is 0.267 e. The van der Waals surface area contributed by atoms with Crippen molar-refractivity contribution in [2.75, 3.05) is 18.0 Å². The standard InChI is InChI=1S/C22H26N6O/c1-15-24-21-18(6-4-10-23-21)22(25-15)27-11-8-16(9-12-27)14-28-20(29)13-17-5-2-3-7-19(17)26-28/h4,6,10,13,16H,2-3,5,7-9,11-12,14H2,1H3. The molecule has 0 atom stereocenters. The Morgan fingerprint density at radius 3 is 2.83 bits per heavy atom. The molecule has 4 heterocycles. The lowest BCUT2D eigenvalue weighted by Crippen LogP contribution is -2.38. The molecule has 1 aliphatic heterocycles. The van der Waals surface area contributed by atoms with Crippen LogP contribution in [0.1, 0.15) is 42.8 Å². The number of rotatable bonds is 3. The van der Waals surface area contributed by atoms with E-state index in [0.717, 1.165) is 72.7 Å². The highest BCUT2D eigenvalue weighted by Gasteiger charge is 2.24. The zero-order valence-electron chi connectivity index (χ0n) is 16.8. The van der Waals surface area contributed by atoms with Gasteiger partial charge in [-0.1, -0.05) is 0 Å². The molecule has 1 fully saturated rings. The largest absolute Gasteiger partial charge is 0.356 e. The first-order valence-corrected chi connectivity index (χ1v) is 10.6. The summed E-state index contributed by atoms with van der Waals surface area (Å²) in [6, 6.07) is 5.80. The summed E-state index contributed by atoms with van der Waals surface area (Å²) in [4.78, 5) is 28.4. The van der Waals surface area contributed by atoms with E-state index in [4.69, 9.17) is 10.1 Å². The van der Waals surface area contributed by atoms with Crippen molar-refractivity contribution in [3.63, 3.8) is 0 Å². The van der Waals surface area contributed by atoms with E-state index >= 15 is 0 Å². The maximum absolute atomic E-state index is 12.5. The molecule has 29 heavy (non-hydrogen) atoms. The van der Waals surface area contributed by atoms with Crippen molar-refractivity contribution in [3.8, 4) is 0 Å². The first-order valence-electron chi connectivity index (χ1n) is 10.6. The van der Waals surface area contributed by atoms with Crippen molar-refractivity contribution >= 4 is 16.9 Å². The van der Waals surface area contributed by atoms with Crippen molar-refractivity contribution in [1.29, 1.82) is 0 Å². The van der Waals surface area contributed by atoms with Gasteiger partial charge in [-0.05, 0) is 69.1 Å². The number of aromatic nitrogens is 5. The highest BCUT2D eigenvalue weighted by atomic mass is 16.1. The summed E-state index contributed by atoms with van der Waals surface area (Å²) in [6.07, 6.45) is 8.17. The van der Waals surface area contributed by atoms with Crippen molar-refractivity contribution in [3.05, 3.63) is 51.8 Å². The zero-order chi connectivity index (χ0) is 19.8. The van der Waals surface area contributed by atoms with Crippen LogP contribution in [0, 0.1) is 12.8 Å². The van der Waals surface area contributed by atoms with E-state index in [2.05, 4.69) is 14.9 Å². The van der Waals surface area contributed by atoms with Gasteiger partial charge in [0.25, 0.3) is 5.56 Å². The molecule has 0 aromatic carbocycles. The molecule has 5 rings (SSSR count). The lowest BCUT2D eigenvalue weighted by atomic mass is 9.95. The normalized spacial score (nSPS) is 17.5. The summed E-state index contributed by atoms with van der Waals surface area (Å²) >= 11 is 0. The van der Waals surface area contributed by atoms with E-state index in [9.17, 15) is 4.79 Å². The summed E-state index contributed by atoms with van der Waals surface area (Å²) in [7, 11) is 0. The monoisotopic (exact) mass is 390 g/mol. The van der Waals surface area contributed by atoms with Crippen LogP contribution in [0.4, 0.5) is 5.82 Å². The maximum Gasteiger partial charge on any atom is 0.267 e. The minimum absolute atomic E-state index is 0.0524. The Labute approximate surface area is 169 Å². The van der Waals surface area contributed by atoms with Crippen LogP contribution in [0.2, 0.25) is 0 Å². The molecule has 3 aromatic rings. The molecule has 0 saturated carbocycles. The van der Waals surface area contributed by atoms with Crippen LogP contribution in [-0.2, 0) is 19.4 Å². The number of fused-ring (bicyclic) bond motifs is 2. The highest BCUT2D eigenvalue weighted by molar-refractivity contribution is 5.86. The molecule has 0 spiro atoms. The molecule has 0 radical (unpaired) electrons. The van der Waals surface area contributed by atoms with E-state index in [0.29, 0.717) is 12.5 Å². The molecule has 7 nitrogen and oxygen atoms in total. The van der Waals surface area contributed by atoms with Gasteiger partial charge in [0, 0.05) is 31.9 Å². The zero-order valence-corrected chi connectivity index (χ0v) is 16.8. The Morgan fingerprint density at radius 1 is 1.14 bits per heavy atom. The maximum atomic E-state index is 12.5. The molecular formula is C22H26N6O. The Hall–Kier alpha value is -2.83. The third-order valence-electron chi connectivity index (χ3n) is 6.18. The molecule has 0 bridgehead atoms. The summed E-state index contributed by atoms with van der Waals surface area (Å²) < 4.78 is 1.71. The van der Waals surface area contributed by atoms with Crippen LogP contribution in [-0.4, -0.2) is 37.8 Å². The molecule has 1 saturated heterocycles. The van der Waals surface area contributed by atoms with Crippen LogP contribution >= 0.6 is 0 Å². The predicted octanol–water partition coefficient (Wildman–Crippen LogP) is 2.69. The van der Waals surface area contributed by atoms with Crippen molar-refractivity contribution < 1.29 is 0 Å². The molecule has 0 amide bonds. The van der Waals surface area contributed by atoms with Gasteiger partial charge in [-0.25, -0.2) is 19.6 Å². The van der Waals surface area contributed by atoms with Crippen molar-refractivity contribution in [1.82, 2.24) is 24.7 Å². The summed E-state index contributed by atoms with van der Waals surface area (Å²) in [5.41, 5.74) is 3.09. The average molecular weight is 390 g/mol. The fourth-order valence-corrected chi connectivity index (χ4v) is 4.60. The topological polar surface area (TPSA) is 76.8 Å². The molecule has 150 valence electrons. The third-order valence-corrected chi connectivity index (χ3v) is 6.18. The van der Waals surface area contributed by atoms with E-state index in [1.807, 2.05) is 25.1 Å². The molecule has 0 unspecified atom stereocenters. The van der Waals surface area contributed by atoms with Crippen LogP contribution in [0.25, 0.3) is 11.0 Å². The summed E-state index contributed by atoms with van der Waals surface area (Å²) in [5.74, 6) is 2.19. The average Bonchev–Trinajstić information content (AvgIpc) is 2.74.